The number of alkyl halides is 3. The van der Waals surface area contributed by atoms with Crippen LogP contribution in [0, 0.1) is 11.8 Å². The standard InChI is InChI=1S/C25H27F3N2O5S/c26-25(27,28)36-21-11-7-18(8-12-21)23(32)30-14-13-29-22(31)17-5-9-20(10-6-17)35-15-16-1-3-19(4-2-16)24(33)34/h5-12,16,19H,1-4,13-15H2,(H,29,31)(H,30,32)(H,33,34). The van der Waals surface area contributed by atoms with E-state index in [9.17, 15) is 27.6 Å². The van der Waals surface area contributed by atoms with Crippen LogP contribution in [0.15, 0.2) is 53.4 Å². The molecule has 2 aromatic carbocycles. The number of amides is 2. The summed E-state index contributed by atoms with van der Waals surface area (Å²) in [7, 11) is 0. The molecule has 2 aromatic rings. The summed E-state index contributed by atoms with van der Waals surface area (Å²) < 4.78 is 42.9. The van der Waals surface area contributed by atoms with Gasteiger partial charge in [-0.2, -0.15) is 13.2 Å². The van der Waals surface area contributed by atoms with E-state index in [1.54, 1.807) is 24.3 Å². The Morgan fingerprint density at radius 3 is 1.83 bits per heavy atom. The zero-order chi connectivity index (χ0) is 26.1. The van der Waals surface area contributed by atoms with Gasteiger partial charge in [0.05, 0.1) is 12.5 Å². The number of thioether (sulfide) groups is 1. The van der Waals surface area contributed by atoms with E-state index < -0.39 is 17.4 Å². The molecule has 0 spiro atoms. The molecule has 36 heavy (non-hydrogen) atoms. The number of rotatable bonds is 10. The van der Waals surface area contributed by atoms with Crippen LogP contribution < -0.4 is 15.4 Å². The van der Waals surface area contributed by atoms with E-state index in [1.807, 2.05) is 0 Å². The minimum atomic E-state index is -4.39. The van der Waals surface area contributed by atoms with Gasteiger partial charge in [0.2, 0.25) is 0 Å². The van der Waals surface area contributed by atoms with Crippen LogP contribution in [0.2, 0.25) is 0 Å². The summed E-state index contributed by atoms with van der Waals surface area (Å²) in [6.07, 6.45) is 2.96. The summed E-state index contributed by atoms with van der Waals surface area (Å²) in [5.74, 6) is -0.830. The summed E-state index contributed by atoms with van der Waals surface area (Å²) in [5, 5.41) is 14.4. The average molecular weight is 525 g/mol. The molecule has 0 radical (unpaired) electrons. The third-order valence-corrected chi connectivity index (χ3v) is 6.58. The molecule has 7 nitrogen and oxygen atoms in total. The Bertz CT molecular complexity index is 1040. The van der Waals surface area contributed by atoms with Crippen LogP contribution in [0.5, 0.6) is 5.75 Å². The first-order valence-corrected chi connectivity index (χ1v) is 12.3. The van der Waals surface area contributed by atoms with E-state index in [1.165, 1.54) is 24.3 Å². The summed E-state index contributed by atoms with van der Waals surface area (Å²) in [6, 6.07) is 11.7. The number of nitrogens with one attached hydrogen (secondary N) is 2. The number of benzene rings is 2. The summed E-state index contributed by atoms with van der Waals surface area (Å²) in [6.45, 7) is 0.820. The maximum atomic E-state index is 12.4. The lowest BCUT2D eigenvalue weighted by Crippen LogP contribution is -2.34. The first-order valence-electron chi connectivity index (χ1n) is 11.5. The molecule has 0 atom stereocenters. The molecule has 0 unspecified atom stereocenters. The number of carbonyl (C=O) groups excluding carboxylic acids is 2. The van der Waals surface area contributed by atoms with Gasteiger partial charge in [-0.3, -0.25) is 14.4 Å². The monoisotopic (exact) mass is 524 g/mol. The molecule has 194 valence electrons. The summed E-state index contributed by atoms with van der Waals surface area (Å²) in [4.78, 5) is 35.5. The number of carboxylic acid groups (broad SMARTS) is 1. The third kappa shape index (κ3) is 8.78. The highest BCUT2D eigenvalue weighted by Crippen LogP contribution is 2.36. The van der Waals surface area contributed by atoms with E-state index in [2.05, 4.69) is 10.6 Å². The minimum Gasteiger partial charge on any atom is -0.493 e. The van der Waals surface area contributed by atoms with E-state index >= 15 is 0 Å². The van der Waals surface area contributed by atoms with Crippen molar-refractivity contribution in [3.05, 3.63) is 59.7 Å². The number of hydrogen-bond donors (Lipinski definition) is 3. The molecule has 2 amide bonds. The van der Waals surface area contributed by atoms with Crippen molar-refractivity contribution in [1.82, 2.24) is 10.6 Å². The average Bonchev–Trinajstić information content (AvgIpc) is 2.85. The molecule has 1 aliphatic carbocycles. The quantitative estimate of drug-likeness (QED) is 0.307. The molecule has 1 aliphatic rings. The van der Waals surface area contributed by atoms with Crippen molar-refractivity contribution in [2.45, 2.75) is 36.1 Å². The summed E-state index contributed by atoms with van der Waals surface area (Å²) >= 11 is -0.250. The lowest BCUT2D eigenvalue weighted by Gasteiger charge is -2.25. The highest BCUT2D eigenvalue weighted by molar-refractivity contribution is 8.00. The Kier molecular flexibility index (Phi) is 9.63. The second-order valence-corrected chi connectivity index (χ2v) is 9.61. The van der Waals surface area contributed by atoms with Gasteiger partial charge < -0.3 is 20.5 Å². The van der Waals surface area contributed by atoms with Crippen molar-refractivity contribution in [2.24, 2.45) is 11.8 Å². The largest absolute Gasteiger partial charge is 0.493 e. The van der Waals surface area contributed by atoms with Gasteiger partial charge in [-0.05, 0) is 91.9 Å². The summed E-state index contributed by atoms with van der Waals surface area (Å²) in [5.41, 5.74) is -3.74. The molecule has 0 saturated heterocycles. The molecule has 11 heteroatoms. The molecular weight excluding hydrogens is 497 g/mol. The van der Waals surface area contributed by atoms with Gasteiger partial charge in [-0.25, -0.2) is 0 Å². The first kappa shape index (κ1) is 27.4. The van der Waals surface area contributed by atoms with Crippen molar-refractivity contribution < 1.29 is 37.4 Å². The molecule has 0 bridgehead atoms. The van der Waals surface area contributed by atoms with Crippen LogP contribution in [-0.2, 0) is 4.79 Å². The van der Waals surface area contributed by atoms with E-state index in [4.69, 9.17) is 9.84 Å². The number of ether oxygens (including phenoxy) is 1. The van der Waals surface area contributed by atoms with Crippen LogP contribution in [0.3, 0.4) is 0 Å². The highest BCUT2D eigenvalue weighted by atomic mass is 32.2. The number of halogens is 3. The van der Waals surface area contributed by atoms with Crippen molar-refractivity contribution >= 4 is 29.5 Å². The fraction of sp³-hybridized carbons (Fsp3) is 0.400. The second-order valence-electron chi connectivity index (χ2n) is 8.48. The fourth-order valence-electron chi connectivity index (χ4n) is 3.86. The molecule has 0 aromatic heterocycles. The van der Waals surface area contributed by atoms with Crippen LogP contribution in [0.25, 0.3) is 0 Å². The van der Waals surface area contributed by atoms with Gasteiger partial charge in [0.25, 0.3) is 11.8 Å². The SMILES string of the molecule is O=C(NCCNC(=O)c1ccc(SC(F)(F)F)cc1)c1ccc(OCC2CCC(C(=O)O)CC2)cc1. The Hall–Kier alpha value is -3.21. The highest BCUT2D eigenvalue weighted by Gasteiger charge is 2.29. The van der Waals surface area contributed by atoms with Crippen molar-refractivity contribution in [3.63, 3.8) is 0 Å². The third-order valence-electron chi connectivity index (χ3n) is 5.84. The van der Waals surface area contributed by atoms with Crippen LogP contribution >= 0.6 is 11.8 Å². The van der Waals surface area contributed by atoms with Crippen LogP contribution in [0.1, 0.15) is 46.4 Å². The Morgan fingerprint density at radius 2 is 1.36 bits per heavy atom. The van der Waals surface area contributed by atoms with E-state index in [0.717, 1.165) is 12.8 Å². The van der Waals surface area contributed by atoms with Gasteiger partial charge in [-0.1, -0.05) is 0 Å². The lowest BCUT2D eigenvalue weighted by molar-refractivity contribution is -0.143. The first-order chi connectivity index (χ1) is 17.1. The normalized spacial score (nSPS) is 17.8. The van der Waals surface area contributed by atoms with E-state index in [-0.39, 0.29) is 47.1 Å². The maximum Gasteiger partial charge on any atom is 0.446 e. The molecule has 1 saturated carbocycles. The Labute approximate surface area is 210 Å². The molecular formula is C25H27F3N2O5S. The Balaban J connectivity index is 1.35. The zero-order valence-electron chi connectivity index (χ0n) is 19.3. The van der Waals surface area contributed by atoms with Crippen molar-refractivity contribution in [1.29, 1.82) is 0 Å². The maximum absolute atomic E-state index is 12.4. The van der Waals surface area contributed by atoms with Gasteiger partial charge in [0.1, 0.15) is 5.75 Å². The molecule has 1 fully saturated rings. The minimum absolute atomic E-state index is 0.00871. The topological polar surface area (TPSA) is 105 Å². The van der Waals surface area contributed by atoms with Gasteiger partial charge in [0.15, 0.2) is 0 Å². The zero-order valence-corrected chi connectivity index (χ0v) is 20.2. The van der Waals surface area contributed by atoms with Crippen LogP contribution in [-0.4, -0.2) is 48.1 Å². The number of hydrogen-bond acceptors (Lipinski definition) is 5. The van der Waals surface area contributed by atoms with Crippen molar-refractivity contribution in [2.75, 3.05) is 19.7 Å². The molecule has 0 heterocycles. The van der Waals surface area contributed by atoms with E-state index in [0.29, 0.717) is 36.7 Å². The predicted molar refractivity (Wildman–Crippen MR) is 128 cm³/mol. The predicted octanol–water partition coefficient (Wildman–Crippen LogP) is 4.73. The number of carboxylic acids is 1. The Morgan fingerprint density at radius 1 is 0.861 bits per heavy atom. The smallest absolute Gasteiger partial charge is 0.446 e. The lowest BCUT2D eigenvalue weighted by atomic mass is 9.82. The molecule has 3 N–H and O–H groups in total. The van der Waals surface area contributed by atoms with Gasteiger partial charge in [-0.15, -0.1) is 0 Å². The molecule has 0 aliphatic heterocycles. The van der Waals surface area contributed by atoms with Gasteiger partial charge in [0, 0.05) is 29.1 Å². The number of aliphatic carboxylic acids is 1. The van der Waals surface area contributed by atoms with Crippen LogP contribution in [0.4, 0.5) is 13.2 Å². The fourth-order valence-corrected chi connectivity index (χ4v) is 4.40. The van der Waals surface area contributed by atoms with Gasteiger partial charge >= 0.3 is 11.5 Å². The number of carbonyl (C=O) groups is 3. The van der Waals surface area contributed by atoms with Crippen molar-refractivity contribution in [3.8, 4) is 5.75 Å². The molecule has 3 rings (SSSR count). The second kappa shape index (κ2) is 12.7.